The number of carbonyl (C=O) groups is 1. The lowest BCUT2D eigenvalue weighted by atomic mass is 10.0. The Balaban J connectivity index is 1.73. The number of hydrogen-bond acceptors (Lipinski definition) is 7. The molecule has 38 heavy (non-hydrogen) atoms. The number of pyridine rings is 1. The monoisotopic (exact) mass is 554 g/mol. The van der Waals surface area contributed by atoms with Gasteiger partial charge in [-0.1, -0.05) is 35.7 Å². The molecule has 2 aromatic carbocycles. The number of fused-ring (bicyclic) bond motifs is 1. The summed E-state index contributed by atoms with van der Waals surface area (Å²) in [5.74, 6) is -0.288. The third-order valence-electron chi connectivity index (χ3n) is 6.21. The van der Waals surface area contributed by atoms with Gasteiger partial charge in [0.25, 0.3) is 11.5 Å². The highest BCUT2D eigenvalue weighted by Crippen LogP contribution is 2.29. The van der Waals surface area contributed by atoms with Crippen LogP contribution in [0.5, 0.6) is 0 Å². The molecule has 3 N–H and O–H groups in total. The second kappa shape index (κ2) is 11.4. The number of aryl methyl sites for hydroxylation is 2. The topological polar surface area (TPSA) is 101 Å². The van der Waals surface area contributed by atoms with Gasteiger partial charge in [-0.3, -0.25) is 18.9 Å². The fourth-order valence-corrected chi connectivity index (χ4v) is 4.68. The molecule has 198 valence electrons. The molecule has 0 saturated heterocycles. The highest BCUT2D eigenvalue weighted by Gasteiger charge is 2.20. The summed E-state index contributed by atoms with van der Waals surface area (Å²) >= 11 is 7.22. The van der Waals surface area contributed by atoms with E-state index in [9.17, 15) is 14.0 Å². The van der Waals surface area contributed by atoms with Gasteiger partial charge < -0.3 is 10.6 Å². The number of nitrogens with zero attached hydrogens (tertiary/aromatic N) is 3. The maximum Gasteiger partial charge on any atom is 0.281 e. The molecule has 0 saturated carbocycles. The molecule has 4 aromatic rings. The number of hydrogen-bond donors (Lipinski definition) is 3. The van der Waals surface area contributed by atoms with Gasteiger partial charge in [0.1, 0.15) is 11.0 Å². The Bertz CT molecular complexity index is 1590. The van der Waals surface area contributed by atoms with Crippen LogP contribution in [0, 0.1) is 19.7 Å². The molecule has 0 radical (unpaired) electrons. The molecule has 0 aliphatic heterocycles. The van der Waals surface area contributed by atoms with Crippen LogP contribution < -0.4 is 20.9 Å². The minimum atomic E-state index is -0.377. The van der Waals surface area contributed by atoms with Crippen molar-refractivity contribution >= 4 is 52.0 Å². The number of rotatable bonds is 8. The van der Waals surface area contributed by atoms with Crippen LogP contribution in [0.2, 0.25) is 5.15 Å². The first-order chi connectivity index (χ1) is 18.1. The Hall–Kier alpha value is -3.63. The van der Waals surface area contributed by atoms with E-state index in [1.807, 2.05) is 32.9 Å². The van der Waals surface area contributed by atoms with Crippen molar-refractivity contribution in [1.29, 1.82) is 0 Å². The highest BCUT2D eigenvalue weighted by molar-refractivity contribution is 7.97. The van der Waals surface area contributed by atoms with E-state index in [-0.39, 0.29) is 34.2 Å². The van der Waals surface area contributed by atoms with Crippen LogP contribution >= 0.6 is 23.5 Å². The summed E-state index contributed by atoms with van der Waals surface area (Å²) < 4.78 is 17.7. The van der Waals surface area contributed by atoms with Crippen LogP contribution in [0.4, 0.5) is 16.0 Å². The van der Waals surface area contributed by atoms with Crippen molar-refractivity contribution in [3.05, 3.63) is 91.7 Å². The number of carbonyl (C=O) groups excluding carboxylic acids is 1. The Morgan fingerprint density at radius 2 is 1.92 bits per heavy atom. The summed E-state index contributed by atoms with van der Waals surface area (Å²) in [4.78, 5) is 34.9. The van der Waals surface area contributed by atoms with Crippen LogP contribution in [-0.4, -0.2) is 26.7 Å². The average Bonchev–Trinajstić information content (AvgIpc) is 2.87. The normalized spacial score (nSPS) is 11.9. The first kappa shape index (κ1) is 27.4. The zero-order valence-electron chi connectivity index (χ0n) is 21.6. The number of anilines is 2. The van der Waals surface area contributed by atoms with E-state index in [0.717, 1.165) is 34.2 Å². The van der Waals surface area contributed by atoms with E-state index in [2.05, 4.69) is 20.3 Å². The largest absolute Gasteiger partial charge is 0.377 e. The second-order valence-electron chi connectivity index (χ2n) is 9.01. The van der Waals surface area contributed by atoms with Crippen molar-refractivity contribution in [1.82, 2.24) is 19.3 Å². The zero-order valence-corrected chi connectivity index (χ0v) is 23.2. The zero-order chi connectivity index (χ0) is 27.6. The Kier molecular flexibility index (Phi) is 8.23. The molecule has 0 spiro atoms. The van der Waals surface area contributed by atoms with Crippen LogP contribution in [-0.2, 0) is 13.6 Å². The minimum absolute atomic E-state index is 0.163. The van der Waals surface area contributed by atoms with E-state index in [0.29, 0.717) is 29.1 Å². The van der Waals surface area contributed by atoms with Gasteiger partial charge in [-0.05, 0) is 67.8 Å². The summed E-state index contributed by atoms with van der Waals surface area (Å²) in [5, 5.41) is 7.25. The maximum absolute atomic E-state index is 13.5. The van der Waals surface area contributed by atoms with Gasteiger partial charge in [-0.2, -0.15) is 0 Å². The summed E-state index contributed by atoms with van der Waals surface area (Å²) in [6.45, 7) is 6.05. The summed E-state index contributed by atoms with van der Waals surface area (Å²) in [6.07, 6.45) is 1.74. The molecular weight excluding hydrogens is 527 g/mol. The quantitative estimate of drug-likeness (QED) is 0.194. The summed E-state index contributed by atoms with van der Waals surface area (Å²) in [5.41, 5.74) is 4.38. The fraction of sp³-hybridized carbons (Fsp3) is 0.259. The fourth-order valence-electron chi connectivity index (χ4n) is 4.25. The molecule has 8 nitrogen and oxygen atoms in total. The first-order valence-electron chi connectivity index (χ1n) is 11.9. The van der Waals surface area contributed by atoms with Gasteiger partial charge in [0.15, 0.2) is 5.69 Å². The SMILES string of the molecule is CSNC(=O)c1nc(Cl)ccc1NC(C)c1cc(C)cc2c(=O)n(C)c(NCc3ccc(F)cc3C)nc12. The smallest absolute Gasteiger partial charge is 0.281 e. The van der Waals surface area contributed by atoms with Crippen molar-refractivity contribution in [2.24, 2.45) is 7.05 Å². The van der Waals surface area contributed by atoms with E-state index in [1.54, 1.807) is 31.5 Å². The van der Waals surface area contributed by atoms with Gasteiger partial charge in [0.05, 0.1) is 22.6 Å². The molecule has 1 unspecified atom stereocenters. The molecule has 0 aliphatic rings. The van der Waals surface area contributed by atoms with Crippen LogP contribution in [0.15, 0.2) is 47.3 Å². The Labute approximate surface area is 229 Å². The maximum atomic E-state index is 13.5. The molecule has 1 atom stereocenters. The van der Waals surface area contributed by atoms with Crippen molar-refractivity contribution in [3.8, 4) is 0 Å². The predicted molar refractivity (Wildman–Crippen MR) is 152 cm³/mol. The molecule has 1 amide bonds. The van der Waals surface area contributed by atoms with Crippen LogP contribution in [0.1, 0.15) is 45.7 Å². The third kappa shape index (κ3) is 5.76. The number of aromatic nitrogens is 3. The second-order valence-corrected chi connectivity index (χ2v) is 10.0. The molecule has 0 bridgehead atoms. The van der Waals surface area contributed by atoms with Crippen LogP contribution in [0.3, 0.4) is 0 Å². The van der Waals surface area contributed by atoms with Gasteiger partial charge in [0.2, 0.25) is 5.95 Å². The number of benzene rings is 2. The molecule has 0 aliphatic carbocycles. The lowest BCUT2D eigenvalue weighted by molar-refractivity contribution is 0.0980. The van der Waals surface area contributed by atoms with Gasteiger partial charge >= 0.3 is 0 Å². The van der Waals surface area contributed by atoms with E-state index >= 15 is 0 Å². The molecule has 11 heteroatoms. The standard InChI is InChI=1S/C27H28ClFN6O2S/c1-14-10-19(16(3)31-21-8-9-22(28)32-24(21)25(36)34-38-5)23-20(11-14)26(37)35(4)27(33-23)30-13-17-6-7-18(29)12-15(17)2/h6-12,16,31H,13H2,1-5H3,(H,30,33)(H,34,36). The predicted octanol–water partition coefficient (Wildman–Crippen LogP) is 5.53. The minimum Gasteiger partial charge on any atom is -0.377 e. The summed E-state index contributed by atoms with van der Waals surface area (Å²) in [6, 6.07) is 11.3. The van der Waals surface area contributed by atoms with Gasteiger partial charge in [0, 0.05) is 25.4 Å². The molecule has 4 rings (SSSR count). The third-order valence-corrected chi connectivity index (χ3v) is 6.81. The van der Waals surface area contributed by atoms with Crippen LogP contribution in [0.25, 0.3) is 10.9 Å². The van der Waals surface area contributed by atoms with Crippen molar-refractivity contribution in [3.63, 3.8) is 0 Å². The molecule has 2 aromatic heterocycles. The first-order valence-corrected chi connectivity index (χ1v) is 13.5. The Morgan fingerprint density at radius 1 is 1.16 bits per heavy atom. The Morgan fingerprint density at radius 3 is 2.63 bits per heavy atom. The van der Waals surface area contributed by atoms with E-state index in [1.165, 1.54) is 16.7 Å². The molecule has 0 fully saturated rings. The number of nitrogens with one attached hydrogen (secondary N) is 3. The average molecular weight is 555 g/mol. The lowest BCUT2D eigenvalue weighted by Crippen LogP contribution is -2.24. The van der Waals surface area contributed by atoms with Gasteiger partial charge in [-0.15, -0.1) is 0 Å². The van der Waals surface area contributed by atoms with E-state index in [4.69, 9.17) is 16.6 Å². The highest BCUT2D eigenvalue weighted by atomic mass is 35.5. The van der Waals surface area contributed by atoms with Crippen molar-refractivity contribution in [2.45, 2.75) is 33.4 Å². The summed E-state index contributed by atoms with van der Waals surface area (Å²) in [7, 11) is 1.66. The van der Waals surface area contributed by atoms with Crippen molar-refractivity contribution < 1.29 is 9.18 Å². The van der Waals surface area contributed by atoms with Gasteiger partial charge in [-0.25, -0.2) is 14.4 Å². The lowest BCUT2D eigenvalue weighted by Gasteiger charge is -2.21. The molecule has 2 heterocycles. The number of amides is 1. The van der Waals surface area contributed by atoms with Crippen molar-refractivity contribution in [2.75, 3.05) is 16.9 Å². The number of halogens is 2. The molecular formula is C27H28ClFN6O2S. The van der Waals surface area contributed by atoms with E-state index < -0.39 is 0 Å².